The minimum Gasteiger partial charge on any atom is -0.493 e. The van der Waals surface area contributed by atoms with E-state index in [-0.39, 0.29) is 12.1 Å². The third kappa shape index (κ3) is 5.35. The molecule has 2 aliphatic heterocycles. The Morgan fingerprint density at radius 1 is 1.29 bits per heavy atom. The summed E-state index contributed by atoms with van der Waals surface area (Å²) in [6.07, 6.45) is 4.92. The lowest BCUT2D eigenvalue weighted by molar-refractivity contribution is 0.0270. The second-order valence-corrected chi connectivity index (χ2v) is 9.62. The molecule has 1 aromatic rings. The standard InChI is InChI=1S/C25H38N2O4/c1-7-16-30-23-20(10-11-22-21(23)9-8-17(2)27(22)18(3)28)19-12-14-26(15-13-19)24(29)31-25(4,5)6/h10-12,17-18,28H,7-9,13-16H2,1-6H3/t17-,18?/m0/s1. The molecule has 2 heterocycles. The first-order valence-electron chi connectivity index (χ1n) is 11.5. The minimum absolute atomic E-state index is 0.266. The van der Waals surface area contributed by atoms with Crippen LogP contribution in [0.25, 0.3) is 5.57 Å². The summed E-state index contributed by atoms with van der Waals surface area (Å²) in [5.74, 6) is 0.939. The molecule has 0 saturated heterocycles. The van der Waals surface area contributed by atoms with Crippen LogP contribution in [0, 0.1) is 0 Å². The second kappa shape index (κ2) is 9.51. The summed E-state index contributed by atoms with van der Waals surface area (Å²) in [6.45, 7) is 13.6. The maximum atomic E-state index is 12.4. The van der Waals surface area contributed by atoms with Gasteiger partial charge in [-0.15, -0.1) is 0 Å². The van der Waals surface area contributed by atoms with Gasteiger partial charge in [0.2, 0.25) is 0 Å². The third-order valence-electron chi connectivity index (χ3n) is 5.86. The fraction of sp³-hybridized carbons (Fsp3) is 0.640. The number of rotatable bonds is 5. The van der Waals surface area contributed by atoms with Gasteiger partial charge >= 0.3 is 6.09 Å². The molecule has 0 aromatic heterocycles. The first kappa shape index (κ1) is 23.5. The van der Waals surface area contributed by atoms with Gasteiger partial charge in [0, 0.05) is 35.9 Å². The predicted molar refractivity (Wildman–Crippen MR) is 125 cm³/mol. The lowest BCUT2D eigenvalue weighted by Gasteiger charge is -2.40. The zero-order chi connectivity index (χ0) is 22.8. The van der Waals surface area contributed by atoms with Gasteiger partial charge in [0.25, 0.3) is 0 Å². The summed E-state index contributed by atoms with van der Waals surface area (Å²) < 4.78 is 11.8. The molecule has 0 aliphatic carbocycles. The molecule has 0 fully saturated rings. The summed E-state index contributed by atoms with van der Waals surface area (Å²) in [6, 6.07) is 4.52. The number of ether oxygens (including phenoxy) is 2. The largest absolute Gasteiger partial charge is 0.493 e. The van der Waals surface area contributed by atoms with Crippen molar-refractivity contribution < 1.29 is 19.4 Å². The zero-order valence-corrected chi connectivity index (χ0v) is 19.9. The van der Waals surface area contributed by atoms with E-state index < -0.39 is 11.8 Å². The van der Waals surface area contributed by atoms with Gasteiger partial charge in [-0.1, -0.05) is 13.0 Å². The smallest absolute Gasteiger partial charge is 0.410 e. The Kier molecular flexibility index (Phi) is 7.20. The Labute approximate surface area is 186 Å². The number of benzene rings is 1. The monoisotopic (exact) mass is 430 g/mol. The molecule has 3 rings (SSSR count). The van der Waals surface area contributed by atoms with Crippen molar-refractivity contribution in [2.24, 2.45) is 0 Å². The second-order valence-electron chi connectivity index (χ2n) is 9.62. The van der Waals surface area contributed by atoms with Gasteiger partial charge in [-0.3, -0.25) is 0 Å². The highest BCUT2D eigenvalue weighted by atomic mass is 16.6. The van der Waals surface area contributed by atoms with Crippen molar-refractivity contribution in [3.8, 4) is 5.75 Å². The molecular weight excluding hydrogens is 392 g/mol. The van der Waals surface area contributed by atoms with Crippen LogP contribution in [0.5, 0.6) is 5.75 Å². The van der Waals surface area contributed by atoms with Crippen LogP contribution in [0.15, 0.2) is 18.2 Å². The molecule has 1 amide bonds. The van der Waals surface area contributed by atoms with Crippen LogP contribution in [0.1, 0.15) is 71.9 Å². The Bertz CT molecular complexity index is 826. The number of carbonyl (C=O) groups is 1. The molecule has 6 heteroatoms. The summed E-state index contributed by atoms with van der Waals surface area (Å²) in [4.78, 5) is 16.2. The molecule has 1 aromatic carbocycles. The molecule has 2 aliphatic rings. The van der Waals surface area contributed by atoms with E-state index in [0.29, 0.717) is 19.7 Å². The number of amides is 1. The summed E-state index contributed by atoms with van der Waals surface area (Å²) in [5, 5.41) is 10.4. The summed E-state index contributed by atoms with van der Waals surface area (Å²) >= 11 is 0. The SMILES string of the molecule is CCCOc1c(C2=CCN(C(=O)OC(C)(C)C)CC2)ccc2c1CC[C@H](C)N2C(C)O. The highest BCUT2D eigenvalue weighted by Crippen LogP contribution is 2.43. The lowest BCUT2D eigenvalue weighted by atomic mass is 9.90. The van der Waals surface area contributed by atoms with Crippen LogP contribution in [-0.4, -0.2) is 53.7 Å². The Morgan fingerprint density at radius 3 is 2.61 bits per heavy atom. The van der Waals surface area contributed by atoms with Crippen molar-refractivity contribution >= 4 is 17.4 Å². The number of aliphatic hydroxyl groups excluding tert-OH is 1. The molecule has 0 spiro atoms. The van der Waals surface area contributed by atoms with E-state index in [0.717, 1.165) is 42.7 Å². The van der Waals surface area contributed by atoms with E-state index in [9.17, 15) is 9.90 Å². The number of hydrogen-bond donors (Lipinski definition) is 1. The molecule has 0 saturated carbocycles. The number of hydrogen-bond acceptors (Lipinski definition) is 5. The third-order valence-corrected chi connectivity index (χ3v) is 5.86. The van der Waals surface area contributed by atoms with Crippen LogP contribution in [0.2, 0.25) is 0 Å². The van der Waals surface area contributed by atoms with Crippen molar-refractivity contribution in [2.45, 2.75) is 85.1 Å². The van der Waals surface area contributed by atoms with E-state index in [1.165, 1.54) is 11.1 Å². The van der Waals surface area contributed by atoms with Crippen molar-refractivity contribution in [3.63, 3.8) is 0 Å². The molecular formula is C25H38N2O4. The van der Waals surface area contributed by atoms with Crippen LogP contribution in [0.3, 0.4) is 0 Å². The average molecular weight is 431 g/mol. The maximum absolute atomic E-state index is 12.4. The Morgan fingerprint density at radius 2 is 2.03 bits per heavy atom. The number of anilines is 1. The lowest BCUT2D eigenvalue weighted by Crippen LogP contribution is -2.43. The number of carbonyl (C=O) groups excluding carboxylic acids is 1. The molecule has 2 atom stereocenters. The number of aliphatic hydroxyl groups is 1. The van der Waals surface area contributed by atoms with Gasteiger partial charge in [-0.25, -0.2) is 4.79 Å². The van der Waals surface area contributed by atoms with E-state index >= 15 is 0 Å². The van der Waals surface area contributed by atoms with Gasteiger partial charge in [0.1, 0.15) is 17.6 Å². The molecule has 172 valence electrons. The van der Waals surface area contributed by atoms with Gasteiger partial charge in [0.15, 0.2) is 0 Å². The molecule has 31 heavy (non-hydrogen) atoms. The highest BCUT2D eigenvalue weighted by Gasteiger charge is 2.31. The first-order chi connectivity index (χ1) is 14.6. The minimum atomic E-state index is -0.546. The first-order valence-corrected chi connectivity index (χ1v) is 11.5. The van der Waals surface area contributed by atoms with Crippen LogP contribution < -0.4 is 9.64 Å². The Hall–Kier alpha value is -2.21. The summed E-state index contributed by atoms with van der Waals surface area (Å²) in [7, 11) is 0. The van der Waals surface area contributed by atoms with Crippen molar-refractivity contribution in [1.29, 1.82) is 0 Å². The summed E-state index contributed by atoms with van der Waals surface area (Å²) in [5.41, 5.74) is 4.07. The van der Waals surface area contributed by atoms with E-state index in [2.05, 4.69) is 37.0 Å². The number of nitrogens with zero attached hydrogens (tertiary/aromatic N) is 2. The predicted octanol–water partition coefficient (Wildman–Crippen LogP) is 4.98. The van der Waals surface area contributed by atoms with E-state index in [4.69, 9.17) is 9.47 Å². The van der Waals surface area contributed by atoms with Crippen molar-refractivity contribution in [3.05, 3.63) is 29.3 Å². The Balaban J connectivity index is 1.90. The van der Waals surface area contributed by atoms with Gasteiger partial charge < -0.3 is 24.4 Å². The van der Waals surface area contributed by atoms with Crippen LogP contribution in [0.4, 0.5) is 10.5 Å². The molecule has 6 nitrogen and oxygen atoms in total. The van der Waals surface area contributed by atoms with Crippen molar-refractivity contribution in [1.82, 2.24) is 4.90 Å². The molecule has 1 N–H and O–H groups in total. The highest BCUT2D eigenvalue weighted by molar-refractivity contribution is 5.79. The van der Waals surface area contributed by atoms with E-state index in [1.807, 2.05) is 27.7 Å². The maximum Gasteiger partial charge on any atom is 0.410 e. The normalized spacial score (nSPS) is 20.1. The molecule has 0 radical (unpaired) electrons. The number of fused-ring (bicyclic) bond motifs is 1. The van der Waals surface area contributed by atoms with E-state index in [1.54, 1.807) is 4.90 Å². The van der Waals surface area contributed by atoms with Crippen LogP contribution >= 0.6 is 0 Å². The topological polar surface area (TPSA) is 62.2 Å². The quantitative estimate of drug-likeness (QED) is 0.714. The van der Waals surface area contributed by atoms with Gasteiger partial charge in [-0.05, 0) is 78.0 Å². The fourth-order valence-corrected chi connectivity index (χ4v) is 4.43. The van der Waals surface area contributed by atoms with Crippen molar-refractivity contribution in [2.75, 3.05) is 24.6 Å². The van der Waals surface area contributed by atoms with Crippen LogP contribution in [-0.2, 0) is 11.2 Å². The average Bonchev–Trinajstić information content (AvgIpc) is 2.70. The fourth-order valence-electron chi connectivity index (χ4n) is 4.43. The zero-order valence-electron chi connectivity index (χ0n) is 19.9. The molecule has 1 unspecified atom stereocenters. The molecule has 0 bridgehead atoms. The van der Waals surface area contributed by atoms with Gasteiger partial charge in [0.05, 0.1) is 6.61 Å². The van der Waals surface area contributed by atoms with Gasteiger partial charge in [-0.2, -0.15) is 0 Å².